The monoisotopic (exact) mass is 478 g/mol. The van der Waals surface area contributed by atoms with Crippen molar-refractivity contribution in [1.82, 2.24) is 9.88 Å². The lowest BCUT2D eigenvalue weighted by atomic mass is 9.90. The molecule has 2 aromatic carbocycles. The van der Waals surface area contributed by atoms with E-state index in [1.54, 1.807) is 6.07 Å². The minimum atomic E-state index is -0.883. The number of aliphatic carboxylic acids is 1. The Hall–Kier alpha value is -3.19. The molecule has 3 aromatic rings. The van der Waals surface area contributed by atoms with Crippen molar-refractivity contribution in [3.63, 3.8) is 0 Å². The second-order valence-corrected chi connectivity index (χ2v) is 9.73. The summed E-state index contributed by atoms with van der Waals surface area (Å²) in [6, 6.07) is 13.2. The zero-order valence-electron chi connectivity index (χ0n) is 19.9. The Balaban J connectivity index is 1.37. The molecule has 1 heterocycles. The van der Waals surface area contributed by atoms with Crippen LogP contribution in [0.5, 0.6) is 0 Å². The third-order valence-electron chi connectivity index (χ3n) is 7.33. The van der Waals surface area contributed by atoms with Gasteiger partial charge < -0.3 is 19.7 Å². The summed E-state index contributed by atoms with van der Waals surface area (Å²) in [5.41, 5.74) is 3.66. The minimum absolute atomic E-state index is 0.0320. The molecule has 184 valence electrons. The van der Waals surface area contributed by atoms with Gasteiger partial charge in [-0.15, -0.1) is 0 Å². The van der Waals surface area contributed by atoms with Crippen molar-refractivity contribution in [2.45, 2.75) is 70.2 Å². The zero-order valence-corrected chi connectivity index (χ0v) is 19.9. The van der Waals surface area contributed by atoms with E-state index < -0.39 is 12.0 Å². The van der Waals surface area contributed by atoms with Crippen LogP contribution in [0.25, 0.3) is 10.9 Å². The first-order valence-corrected chi connectivity index (χ1v) is 12.5. The molecule has 0 amide bonds. The van der Waals surface area contributed by atoms with E-state index in [1.807, 2.05) is 41.8 Å². The number of nitrogens with one attached hydrogen (secondary N) is 1. The molecule has 0 bridgehead atoms. The molecule has 0 saturated heterocycles. The molecule has 3 atom stereocenters. The highest BCUT2D eigenvalue weighted by molar-refractivity contribution is 5.88. The molecule has 6 nitrogen and oxygen atoms in total. The molecule has 2 unspecified atom stereocenters. The van der Waals surface area contributed by atoms with Gasteiger partial charge in [0.15, 0.2) is 0 Å². The topological polar surface area (TPSA) is 80.6 Å². The highest BCUT2D eigenvalue weighted by Gasteiger charge is 2.39. The summed E-state index contributed by atoms with van der Waals surface area (Å²) >= 11 is 0. The van der Waals surface area contributed by atoms with Crippen LogP contribution in [0.3, 0.4) is 0 Å². The molecule has 0 radical (unpaired) electrons. The number of esters is 1. The number of aromatic nitrogens is 1. The number of benzene rings is 2. The number of carbonyl (C=O) groups is 2. The van der Waals surface area contributed by atoms with Crippen LogP contribution in [-0.4, -0.2) is 33.7 Å². The van der Waals surface area contributed by atoms with Crippen molar-refractivity contribution in [1.29, 1.82) is 0 Å². The number of halogens is 1. The maximum atomic E-state index is 14.2. The third-order valence-corrected chi connectivity index (χ3v) is 7.33. The normalized spacial score (nSPS) is 19.2. The standard InChI is InChI=1S/C28H31FN2O4/c1-2-23(27(32)33)31-24-12-10-19(29)14-21(24)22-15-20(11-13-25(22)31)30-26(18-8-9-18)28(34)35-16-17-6-4-3-5-7-17/h3-7,10,12,14,18,20,23,26,30H,2,8-9,11,13,15-16H2,1H3,(H,32,33)/t20-,23?,26?/m0/s1. The largest absolute Gasteiger partial charge is 0.480 e. The van der Waals surface area contributed by atoms with E-state index in [0.717, 1.165) is 47.0 Å². The maximum absolute atomic E-state index is 14.2. The minimum Gasteiger partial charge on any atom is -0.480 e. The van der Waals surface area contributed by atoms with Gasteiger partial charge in [-0.2, -0.15) is 0 Å². The van der Waals surface area contributed by atoms with Crippen LogP contribution < -0.4 is 5.32 Å². The van der Waals surface area contributed by atoms with E-state index in [1.165, 1.54) is 12.1 Å². The van der Waals surface area contributed by atoms with Crippen LogP contribution >= 0.6 is 0 Å². The molecule has 2 N–H and O–H groups in total. The summed E-state index contributed by atoms with van der Waals surface area (Å²) < 4.78 is 21.7. The average Bonchev–Trinajstić information content (AvgIpc) is 3.66. The van der Waals surface area contributed by atoms with Crippen molar-refractivity contribution in [2.75, 3.05) is 0 Å². The predicted octanol–water partition coefficient (Wildman–Crippen LogP) is 4.79. The SMILES string of the molecule is CCC(C(=O)O)n1c2c(c3cc(F)ccc31)C[C@@H](NC(C(=O)OCc1ccccc1)C1CC1)CC2. The van der Waals surface area contributed by atoms with Gasteiger partial charge in [0.05, 0.1) is 0 Å². The van der Waals surface area contributed by atoms with Gasteiger partial charge in [-0.1, -0.05) is 37.3 Å². The molecule has 0 spiro atoms. The summed E-state index contributed by atoms with van der Waals surface area (Å²) in [5.74, 6) is -1.18. The summed E-state index contributed by atoms with van der Waals surface area (Å²) in [5, 5.41) is 14.2. The maximum Gasteiger partial charge on any atom is 0.326 e. The molecule has 1 aromatic heterocycles. The van der Waals surface area contributed by atoms with E-state index in [-0.39, 0.29) is 36.4 Å². The second kappa shape index (κ2) is 9.82. The Morgan fingerprint density at radius 3 is 2.63 bits per heavy atom. The Morgan fingerprint density at radius 1 is 1.17 bits per heavy atom. The van der Waals surface area contributed by atoms with Gasteiger partial charge in [0, 0.05) is 22.6 Å². The molecular weight excluding hydrogens is 447 g/mol. The number of nitrogens with zero attached hydrogens (tertiary/aromatic N) is 1. The van der Waals surface area contributed by atoms with Gasteiger partial charge in [0.25, 0.3) is 0 Å². The van der Waals surface area contributed by atoms with E-state index in [9.17, 15) is 19.1 Å². The van der Waals surface area contributed by atoms with Crippen LogP contribution in [0.4, 0.5) is 4.39 Å². The smallest absolute Gasteiger partial charge is 0.326 e. The van der Waals surface area contributed by atoms with Gasteiger partial charge in [-0.05, 0) is 73.8 Å². The lowest BCUT2D eigenvalue weighted by Gasteiger charge is -2.29. The molecule has 0 aliphatic heterocycles. The number of hydrogen-bond acceptors (Lipinski definition) is 4. The Morgan fingerprint density at radius 2 is 1.94 bits per heavy atom. The van der Waals surface area contributed by atoms with Crippen LogP contribution in [-0.2, 0) is 33.8 Å². The number of ether oxygens (including phenoxy) is 1. The first-order chi connectivity index (χ1) is 17.0. The molecule has 2 aliphatic carbocycles. The molecule has 5 rings (SSSR count). The molecule has 2 aliphatic rings. The number of carboxylic acid groups (broad SMARTS) is 1. The van der Waals surface area contributed by atoms with Crippen molar-refractivity contribution in [2.24, 2.45) is 5.92 Å². The van der Waals surface area contributed by atoms with Crippen molar-refractivity contribution < 1.29 is 23.8 Å². The van der Waals surface area contributed by atoms with Crippen LogP contribution in [0.1, 0.15) is 55.5 Å². The average molecular weight is 479 g/mol. The quantitative estimate of drug-likeness (QED) is 0.433. The highest BCUT2D eigenvalue weighted by atomic mass is 19.1. The lowest BCUT2D eigenvalue weighted by molar-refractivity contribution is -0.148. The second-order valence-electron chi connectivity index (χ2n) is 9.73. The number of carbonyl (C=O) groups excluding carboxylic acids is 1. The molecule has 1 saturated carbocycles. The van der Waals surface area contributed by atoms with Gasteiger partial charge >= 0.3 is 11.9 Å². The highest BCUT2D eigenvalue weighted by Crippen LogP contribution is 2.38. The first-order valence-electron chi connectivity index (χ1n) is 12.5. The van der Waals surface area contributed by atoms with Crippen LogP contribution in [0, 0.1) is 11.7 Å². The van der Waals surface area contributed by atoms with E-state index in [0.29, 0.717) is 19.3 Å². The number of hydrogen-bond donors (Lipinski definition) is 2. The number of carboxylic acids is 1. The fourth-order valence-electron chi connectivity index (χ4n) is 5.43. The Kier molecular flexibility index (Phi) is 6.60. The van der Waals surface area contributed by atoms with Gasteiger partial charge in [-0.25, -0.2) is 9.18 Å². The van der Waals surface area contributed by atoms with Crippen LogP contribution in [0.15, 0.2) is 48.5 Å². The van der Waals surface area contributed by atoms with Crippen molar-refractivity contribution in [3.8, 4) is 0 Å². The molecular formula is C28H31FN2O4. The lowest BCUT2D eigenvalue weighted by Crippen LogP contribution is -2.47. The molecule has 35 heavy (non-hydrogen) atoms. The predicted molar refractivity (Wildman–Crippen MR) is 131 cm³/mol. The van der Waals surface area contributed by atoms with E-state index in [2.05, 4.69) is 5.32 Å². The fraction of sp³-hybridized carbons (Fsp3) is 0.429. The van der Waals surface area contributed by atoms with E-state index >= 15 is 0 Å². The van der Waals surface area contributed by atoms with Gasteiger partial charge in [-0.3, -0.25) is 4.79 Å². The summed E-state index contributed by atoms with van der Waals surface area (Å²) in [4.78, 5) is 25.0. The Bertz CT molecular complexity index is 1230. The molecule has 7 heteroatoms. The van der Waals surface area contributed by atoms with Gasteiger partial charge in [0.1, 0.15) is 24.5 Å². The Labute approximate surface area is 204 Å². The van der Waals surface area contributed by atoms with Gasteiger partial charge in [0.2, 0.25) is 0 Å². The zero-order chi connectivity index (χ0) is 24.5. The van der Waals surface area contributed by atoms with Crippen LogP contribution in [0.2, 0.25) is 0 Å². The molecule has 1 fully saturated rings. The van der Waals surface area contributed by atoms with E-state index in [4.69, 9.17) is 4.74 Å². The number of fused-ring (bicyclic) bond motifs is 3. The third kappa shape index (κ3) is 4.82. The summed E-state index contributed by atoms with van der Waals surface area (Å²) in [6.45, 7) is 2.11. The van der Waals surface area contributed by atoms with Crippen molar-refractivity contribution >= 4 is 22.8 Å². The summed E-state index contributed by atoms with van der Waals surface area (Å²) in [7, 11) is 0. The summed E-state index contributed by atoms with van der Waals surface area (Å²) in [6.07, 6.45) is 4.50. The first kappa shape index (κ1) is 23.5. The van der Waals surface area contributed by atoms with Crippen molar-refractivity contribution in [3.05, 3.63) is 71.2 Å². The number of rotatable bonds is 9. The fourth-order valence-corrected chi connectivity index (χ4v) is 5.43.